The fourth-order valence-corrected chi connectivity index (χ4v) is 1.42. The summed E-state index contributed by atoms with van der Waals surface area (Å²) in [6.45, 7) is -0.0158. The molecule has 0 aliphatic rings. The van der Waals surface area contributed by atoms with Crippen molar-refractivity contribution in [3.63, 3.8) is 0 Å². The van der Waals surface area contributed by atoms with Gasteiger partial charge in [-0.1, -0.05) is 11.6 Å². The summed E-state index contributed by atoms with van der Waals surface area (Å²) < 4.78 is 40.2. The molecule has 102 valence electrons. The largest absolute Gasteiger partial charge is 0.573 e. The number of rotatable bonds is 5. The molecule has 0 radical (unpaired) electrons. The second kappa shape index (κ2) is 6.36. The van der Waals surface area contributed by atoms with Crippen LogP contribution in [0.15, 0.2) is 18.2 Å². The molecule has 0 heterocycles. The first kappa shape index (κ1) is 15.2. The van der Waals surface area contributed by atoms with E-state index in [1.54, 1.807) is 0 Å². The minimum absolute atomic E-state index is 0.0158. The van der Waals surface area contributed by atoms with E-state index < -0.39 is 18.2 Å². The van der Waals surface area contributed by atoms with E-state index in [9.17, 15) is 18.3 Å². The van der Waals surface area contributed by atoms with Crippen molar-refractivity contribution in [1.82, 2.24) is 0 Å². The molecule has 1 aromatic carbocycles. The van der Waals surface area contributed by atoms with Crippen LogP contribution >= 0.6 is 23.2 Å². The average Bonchev–Trinajstić information content (AvgIpc) is 2.27. The number of ether oxygens (including phenoxy) is 1. The van der Waals surface area contributed by atoms with Gasteiger partial charge in [0, 0.05) is 11.6 Å². The summed E-state index contributed by atoms with van der Waals surface area (Å²) in [5, 5.41) is 12.0. The summed E-state index contributed by atoms with van der Waals surface area (Å²) in [4.78, 5) is 0. The molecule has 0 aromatic heterocycles. The summed E-state index contributed by atoms with van der Waals surface area (Å²) in [6, 6.07) is 3.63. The Bertz CT molecular complexity index is 401. The van der Waals surface area contributed by atoms with Crippen molar-refractivity contribution >= 4 is 28.9 Å². The molecular weight excluding hydrogens is 294 g/mol. The van der Waals surface area contributed by atoms with E-state index in [-0.39, 0.29) is 23.1 Å². The van der Waals surface area contributed by atoms with Crippen LogP contribution in [0.25, 0.3) is 0 Å². The fraction of sp³-hybridized carbons (Fsp3) is 0.400. The zero-order valence-corrected chi connectivity index (χ0v) is 10.5. The SMILES string of the molecule is OC(CCl)CNc1cc(Cl)ccc1OC(F)(F)F. The molecule has 0 spiro atoms. The lowest BCUT2D eigenvalue weighted by Crippen LogP contribution is -2.22. The zero-order valence-electron chi connectivity index (χ0n) is 8.97. The molecule has 3 nitrogen and oxygen atoms in total. The van der Waals surface area contributed by atoms with Crippen molar-refractivity contribution in [2.45, 2.75) is 12.5 Å². The highest BCUT2D eigenvalue weighted by molar-refractivity contribution is 6.30. The van der Waals surface area contributed by atoms with E-state index in [1.165, 1.54) is 12.1 Å². The molecule has 0 aliphatic heterocycles. The third-order valence-electron chi connectivity index (χ3n) is 1.87. The van der Waals surface area contributed by atoms with Crippen LogP contribution in [0.5, 0.6) is 5.75 Å². The molecule has 0 saturated heterocycles. The van der Waals surface area contributed by atoms with Crippen molar-refractivity contribution in [2.75, 3.05) is 17.7 Å². The van der Waals surface area contributed by atoms with Crippen molar-refractivity contribution in [1.29, 1.82) is 0 Å². The number of alkyl halides is 4. The molecule has 0 aliphatic carbocycles. The summed E-state index contributed by atoms with van der Waals surface area (Å²) in [5.41, 5.74) is 0.0315. The first-order chi connectivity index (χ1) is 8.31. The van der Waals surface area contributed by atoms with Gasteiger partial charge in [-0.25, -0.2) is 0 Å². The van der Waals surface area contributed by atoms with Gasteiger partial charge in [0.05, 0.1) is 17.7 Å². The summed E-state index contributed by atoms with van der Waals surface area (Å²) in [5.74, 6) is -0.461. The second-order valence-electron chi connectivity index (χ2n) is 3.38. The van der Waals surface area contributed by atoms with E-state index in [0.29, 0.717) is 0 Å². The summed E-state index contributed by atoms with van der Waals surface area (Å²) in [7, 11) is 0. The molecule has 1 rings (SSSR count). The maximum absolute atomic E-state index is 12.1. The number of hydrogen-bond donors (Lipinski definition) is 2. The molecule has 18 heavy (non-hydrogen) atoms. The highest BCUT2D eigenvalue weighted by Crippen LogP contribution is 2.32. The monoisotopic (exact) mass is 303 g/mol. The Hall–Kier alpha value is -0.850. The van der Waals surface area contributed by atoms with E-state index in [4.69, 9.17) is 23.2 Å². The van der Waals surface area contributed by atoms with Gasteiger partial charge in [0.15, 0.2) is 5.75 Å². The predicted octanol–water partition coefficient (Wildman–Crippen LogP) is 3.25. The standard InChI is InChI=1S/C10H10Cl2F3NO2/c11-4-7(17)5-16-8-3-6(12)1-2-9(8)18-10(13,14)15/h1-3,7,16-17H,4-5H2. The lowest BCUT2D eigenvalue weighted by Gasteiger charge is -2.16. The number of aliphatic hydroxyl groups is 1. The molecule has 0 amide bonds. The van der Waals surface area contributed by atoms with Crippen LogP contribution in [0, 0.1) is 0 Å². The van der Waals surface area contributed by atoms with Crippen LogP contribution in [0.4, 0.5) is 18.9 Å². The molecular formula is C10H10Cl2F3NO2. The molecule has 2 N–H and O–H groups in total. The van der Waals surface area contributed by atoms with Crippen molar-refractivity contribution in [3.05, 3.63) is 23.2 Å². The van der Waals surface area contributed by atoms with E-state index in [2.05, 4.69) is 10.1 Å². The molecule has 8 heteroatoms. The number of halogens is 5. The molecule has 0 bridgehead atoms. The van der Waals surface area contributed by atoms with Crippen LogP contribution in [-0.2, 0) is 0 Å². The smallest absolute Gasteiger partial charge is 0.404 e. The molecule has 1 atom stereocenters. The minimum atomic E-state index is -4.80. The second-order valence-corrected chi connectivity index (χ2v) is 4.12. The first-order valence-electron chi connectivity index (χ1n) is 4.85. The van der Waals surface area contributed by atoms with Crippen molar-refractivity contribution in [2.24, 2.45) is 0 Å². The third-order valence-corrected chi connectivity index (χ3v) is 2.46. The Balaban J connectivity index is 2.83. The lowest BCUT2D eigenvalue weighted by atomic mass is 10.2. The quantitative estimate of drug-likeness (QED) is 0.821. The van der Waals surface area contributed by atoms with E-state index in [1.807, 2.05) is 0 Å². The highest BCUT2D eigenvalue weighted by Gasteiger charge is 2.32. The topological polar surface area (TPSA) is 41.5 Å². The van der Waals surface area contributed by atoms with Gasteiger partial charge in [-0.3, -0.25) is 0 Å². The zero-order chi connectivity index (χ0) is 13.8. The van der Waals surface area contributed by atoms with Gasteiger partial charge in [-0.2, -0.15) is 0 Å². The van der Waals surface area contributed by atoms with Gasteiger partial charge >= 0.3 is 6.36 Å². The van der Waals surface area contributed by atoms with Crippen LogP contribution in [0.3, 0.4) is 0 Å². The molecule has 1 unspecified atom stereocenters. The minimum Gasteiger partial charge on any atom is -0.404 e. The van der Waals surface area contributed by atoms with Crippen LogP contribution in [-0.4, -0.2) is 30.0 Å². The Labute approximate surface area is 111 Å². The molecule has 0 saturated carbocycles. The lowest BCUT2D eigenvalue weighted by molar-refractivity contribution is -0.274. The third kappa shape index (κ3) is 5.20. The normalized spacial score (nSPS) is 13.2. The number of anilines is 1. The van der Waals surface area contributed by atoms with Gasteiger partial charge in [0.1, 0.15) is 0 Å². The predicted molar refractivity (Wildman–Crippen MR) is 63.4 cm³/mol. The molecule has 0 fully saturated rings. The average molecular weight is 304 g/mol. The van der Waals surface area contributed by atoms with E-state index in [0.717, 1.165) is 6.07 Å². The number of nitrogens with one attached hydrogen (secondary N) is 1. The van der Waals surface area contributed by atoms with Crippen LogP contribution < -0.4 is 10.1 Å². The van der Waals surface area contributed by atoms with Crippen molar-refractivity contribution in [3.8, 4) is 5.75 Å². The van der Waals surface area contributed by atoms with Gasteiger partial charge in [-0.05, 0) is 18.2 Å². The Morgan fingerprint density at radius 3 is 2.61 bits per heavy atom. The van der Waals surface area contributed by atoms with Gasteiger partial charge in [0.2, 0.25) is 0 Å². The highest BCUT2D eigenvalue weighted by atomic mass is 35.5. The van der Waals surface area contributed by atoms with E-state index >= 15 is 0 Å². The maximum Gasteiger partial charge on any atom is 0.573 e. The van der Waals surface area contributed by atoms with Gasteiger partial charge < -0.3 is 15.2 Å². The Kier molecular flexibility index (Phi) is 5.37. The van der Waals surface area contributed by atoms with Crippen LogP contribution in [0.2, 0.25) is 5.02 Å². The number of hydrogen-bond acceptors (Lipinski definition) is 3. The van der Waals surface area contributed by atoms with Crippen LogP contribution in [0.1, 0.15) is 0 Å². The number of aliphatic hydroxyl groups excluding tert-OH is 1. The maximum atomic E-state index is 12.1. The number of benzene rings is 1. The summed E-state index contributed by atoms with van der Waals surface area (Å²) in [6.07, 6.45) is -5.68. The van der Waals surface area contributed by atoms with Gasteiger partial charge in [-0.15, -0.1) is 24.8 Å². The molecule has 1 aromatic rings. The Morgan fingerprint density at radius 2 is 2.06 bits per heavy atom. The first-order valence-corrected chi connectivity index (χ1v) is 5.76. The Morgan fingerprint density at radius 1 is 1.39 bits per heavy atom. The summed E-state index contributed by atoms with van der Waals surface area (Å²) >= 11 is 11.0. The van der Waals surface area contributed by atoms with Gasteiger partial charge in [0.25, 0.3) is 0 Å². The fourth-order valence-electron chi connectivity index (χ4n) is 1.14. The van der Waals surface area contributed by atoms with Crippen molar-refractivity contribution < 1.29 is 23.0 Å².